The Bertz CT molecular complexity index is 359. The van der Waals surface area contributed by atoms with Crippen molar-refractivity contribution in [1.29, 1.82) is 0 Å². The van der Waals surface area contributed by atoms with E-state index >= 15 is 0 Å². The predicted molar refractivity (Wildman–Crippen MR) is 47.7 cm³/mol. The third-order valence-electron chi connectivity index (χ3n) is 1.26. The fourth-order valence-electron chi connectivity index (χ4n) is 0.620. The van der Waals surface area contributed by atoms with E-state index in [4.69, 9.17) is 0 Å². The number of rotatable bonds is 2. The van der Waals surface area contributed by atoms with E-state index in [2.05, 4.69) is 13.5 Å². The van der Waals surface area contributed by atoms with E-state index in [-0.39, 0.29) is 12.6 Å². The monoisotopic (exact) mass is 287 g/mol. The number of alkyl halides is 5. The van der Waals surface area contributed by atoms with Crippen molar-refractivity contribution >= 4 is 25.1 Å². The maximum absolute atomic E-state index is 12.9. The van der Waals surface area contributed by atoms with Crippen LogP contribution in [0.1, 0.15) is 0 Å². The first-order valence-corrected chi connectivity index (χ1v) is 6.27. The summed E-state index contributed by atoms with van der Waals surface area (Å²) in [5.41, 5.74) is 0. The average Bonchev–Trinajstić information content (AvgIpc) is 2.16. The molecule has 2 unspecified atom stereocenters. The Balaban J connectivity index is 3.26. The zero-order chi connectivity index (χ0) is 11.7. The molecule has 0 radical (unpaired) electrons. The highest BCUT2D eigenvalue weighted by molar-refractivity contribution is 7.51. The lowest BCUT2D eigenvalue weighted by atomic mass is 10.6. The molecule has 0 aliphatic rings. The molecule has 0 aromatic carbocycles. The normalized spacial score (nSPS) is 15.2. The van der Waals surface area contributed by atoms with Crippen LogP contribution in [0, 0.1) is 0 Å². The number of aromatic amines is 1. The Morgan fingerprint density at radius 3 is 2.47 bits per heavy atom. The molecule has 0 aliphatic heterocycles. The number of halogens is 5. The smallest absolute Gasteiger partial charge is 0.308 e. The van der Waals surface area contributed by atoms with E-state index in [1.54, 1.807) is 0 Å². The zero-order valence-electron chi connectivity index (χ0n) is 7.09. The molecular formula is C3H5F5N3OP3. The number of hydrogen-bond acceptors (Lipinski definition) is 2. The maximum atomic E-state index is 12.9. The molecular weight excluding hydrogens is 282 g/mol. The van der Waals surface area contributed by atoms with Crippen LogP contribution in [0.3, 0.4) is 0 Å². The van der Waals surface area contributed by atoms with Crippen molar-refractivity contribution in [1.82, 2.24) is 13.1 Å². The molecule has 0 aliphatic carbocycles. The van der Waals surface area contributed by atoms with Gasteiger partial charge in [0.05, 0.1) is 0 Å². The highest BCUT2D eigenvalue weighted by Gasteiger charge is 2.60. The molecule has 0 spiro atoms. The molecule has 0 fully saturated rings. The molecule has 12 heteroatoms. The van der Waals surface area contributed by atoms with Gasteiger partial charge in [-0.15, -0.1) is 0 Å². The molecule has 0 bridgehead atoms. The lowest BCUT2D eigenvalue weighted by molar-refractivity contribution is -0.317. The van der Waals surface area contributed by atoms with Gasteiger partial charge in [-0.2, -0.15) is 30.6 Å². The summed E-state index contributed by atoms with van der Waals surface area (Å²) in [6.45, 7) is 0. The summed E-state index contributed by atoms with van der Waals surface area (Å²) >= 11 is 0. The second-order valence-electron chi connectivity index (χ2n) is 2.20. The molecule has 2 atom stereocenters. The molecule has 0 amide bonds. The van der Waals surface area contributed by atoms with Gasteiger partial charge in [-0.05, 0) is 0 Å². The molecule has 0 saturated heterocycles. The summed E-state index contributed by atoms with van der Waals surface area (Å²) in [7, 11) is -1.79. The van der Waals surface area contributed by atoms with Gasteiger partial charge in [0, 0.05) is 15.6 Å². The van der Waals surface area contributed by atoms with E-state index in [0.717, 1.165) is 7.11 Å². The van der Waals surface area contributed by atoms with E-state index in [0.29, 0.717) is 0 Å². The Morgan fingerprint density at radius 1 is 1.40 bits per heavy atom. The van der Waals surface area contributed by atoms with Crippen molar-refractivity contribution in [3.8, 4) is 0 Å². The van der Waals surface area contributed by atoms with Gasteiger partial charge in [-0.1, -0.05) is 0 Å². The highest BCUT2D eigenvalue weighted by Crippen LogP contribution is 2.45. The second kappa shape index (κ2) is 4.42. The zero-order valence-corrected chi connectivity index (χ0v) is 9.88. The van der Waals surface area contributed by atoms with Crippen molar-refractivity contribution in [3.05, 3.63) is 0 Å². The molecule has 15 heavy (non-hydrogen) atoms. The molecule has 1 rings (SSSR count). The van der Waals surface area contributed by atoms with Crippen LogP contribution in [0.4, 0.5) is 22.0 Å². The number of nitrogens with one attached hydrogen (secondary N) is 1. The number of aromatic nitrogens is 3. The van der Waals surface area contributed by atoms with Crippen LogP contribution in [0.5, 0.6) is 0 Å². The van der Waals surface area contributed by atoms with Crippen molar-refractivity contribution in [2.45, 2.75) is 12.2 Å². The van der Waals surface area contributed by atoms with Gasteiger partial charge in [0.2, 0.25) is 0 Å². The molecule has 1 aromatic heterocycles. The Hall–Kier alpha value is -0.0900. The molecule has 4 nitrogen and oxygen atoms in total. The number of nitrogens with zero attached hydrogens (tertiary/aromatic N) is 2. The Kier molecular flexibility index (Phi) is 3.82. The van der Waals surface area contributed by atoms with Crippen LogP contribution >= 0.6 is 25.1 Å². The van der Waals surface area contributed by atoms with Crippen molar-refractivity contribution in [2.24, 2.45) is 0 Å². The number of H-pyrrole nitrogens is 1. The van der Waals surface area contributed by atoms with E-state index < -0.39 is 28.8 Å². The fraction of sp³-hybridized carbons (Fsp3) is 1.00. The Labute approximate surface area is 84.9 Å². The summed E-state index contributed by atoms with van der Waals surface area (Å²) in [5.74, 6) is 0. The first-order chi connectivity index (χ1) is 6.80. The van der Waals surface area contributed by atoms with Gasteiger partial charge < -0.3 is 4.52 Å². The molecule has 0 saturated carbocycles. The standard InChI is InChI=1S/C3H5F5N3OP3/c1-12-15-10-13-9-14-11(15)3(7,8)2(4,5)6/h10,13H,1H3. The SMILES string of the molecule is COp1[nH][pH]npn1C(F)(F)C(F)(F)F. The van der Waals surface area contributed by atoms with Crippen LogP contribution in [-0.2, 0) is 6.05 Å². The minimum absolute atomic E-state index is 0.154. The molecule has 1 N–H and O–H groups in total. The summed E-state index contributed by atoms with van der Waals surface area (Å²) in [6.07, 6.45) is -5.64. The van der Waals surface area contributed by atoms with Crippen molar-refractivity contribution < 1.29 is 26.5 Å². The minimum Gasteiger partial charge on any atom is -0.308 e. The van der Waals surface area contributed by atoms with Crippen molar-refractivity contribution in [3.63, 3.8) is 0 Å². The summed E-state index contributed by atoms with van der Waals surface area (Å²) in [6, 6.07) is -4.95. The van der Waals surface area contributed by atoms with Gasteiger partial charge in [0.25, 0.3) is 0 Å². The predicted octanol–water partition coefficient (Wildman–Crippen LogP) is 3.10. The van der Waals surface area contributed by atoms with Crippen molar-refractivity contribution in [2.75, 3.05) is 7.11 Å². The lowest BCUT2D eigenvalue weighted by Gasteiger charge is -2.22. The minimum atomic E-state index is -5.64. The average molecular weight is 287 g/mol. The molecule has 88 valence electrons. The second-order valence-corrected chi connectivity index (χ2v) is 6.32. The largest absolute Gasteiger partial charge is 0.476 e. The first kappa shape index (κ1) is 13.0. The van der Waals surface area contributed by atoms with E-state index in [1.165, 1.54) is 0 Å². The van der Waals surface area contributed by atoms with Crippen LogP contribution in [0.15, 0.2) is 0 Å². The summed E-state index contributed by atoms with van der Waals surface area (Å²) in [4.78, 5) is 0. The lowest BCUT2D eigenvalue weighted by Crippen LogP contribution is -2.38. The van der Waals surface area contributed by atoms with Gasteiger partial charge in [0.15, 0.2) is 8.08 Å². The van der Waals surface area contributed by atoms with E-state index in [1.807, 2.05) is 0 Å². The third-order valence-corrected chi connectivity index (χ3v) is 5.27. The van der Waals surface area contributed by atoms with Gasteiger partial charge in [0.1, 0.15) is 8.51 Å². The summed E-state index contributed by atoms with van der Waals surface area (Å²) < 4.78 is 71.9. The van der Waals surface area contributed by atoms with Gasteiger partial charge >= 0.3 is 12.2 Å². The Morgan fingerprint density at radius 2 is 2.00 bits per heavy atom. The third kappa shape index (κ3) is 2.53. The van der Waals surface area contributed by atoms with E-state index in [9.17, 15) is 22.0 Å². The maximum Gasteiger partial charge on any atom is 0.476 e. The quantitative estimate of drug-likeness (QED) is 0.849. The fourth-order valence-corrected chi connectivity index (χ4v) is 4.80. The highest BCUT2D eigenvalue weighted by atomic mass is 31.2. The molecule has 1 heterocycles. The van der Waals surface area contributed by atoms with Gasteiger partial charge in [-0.25, -0.2) is 0 Å². The summed E-state index contributed by atoms with van der Waals surface area (Å²) in [5, 5.41) is 0. The topological polar surface area (TPSA) is 42.8 Å². The number of hydrogen-bond donors (Lipinski definition) is 1. The molecule has 1 aromatic rings. The van der Waals surface area contributed by atoms with Gasteiger partial charge in [-0.3, -0.25) is 4.51 Å². The van der Waals surface area contributed by atoms with Crippen LogP contribution in [-0.4, -0.2) is 26.4 Å². The first-order valence-electron chi connectivity index (χ1n) is 3.31. The van der Waals surface area contributed by atoms with Crippen LogP contribution < -0.4 is 4.52 Å². The van der Waals surface area contributed by atoms with Crippen LogP contribution in [0.2, 0.25) is 0 Å². The van der Waals surface area contributed by atoms with Crippen LogP contribution in [0.25, 0.3) is 0 Å².